The predicted octanol–water partition coefficient (Wildman–Crippen LogP) is 2.02. The molecule has 1 aromatic carbocycles. The van der Waals surface area contributed by atoms with Crippen molar-refractivity contribution in [3.63, 3.8) is 0 Å². The largest absolute Gasteiger partial charge is 0.491 e. The van der Waals surface area contributed by atoms with Crippen molar-refractivity contribution in [3.05, 3.63) is 29.8 Å². The summed E-state index contributed by atoms with van der Waals surface area (Å²) in [5, 5.41) is 13.0. The third-order valence-electron chi connectivity index (χ3n) is 3.24. The topological polar surface area (TPSA) is 60.0 Å². The van der Waals surface area contributed by atoms with E-state index in [1.165, 1.54) is 5.56 Å². The Hall–Kier alpha value is -1.14. The van der Waals surface area contributed by atoms with Crippen molar-refractivity contribution in [3.8, 4) is 5.75 Å². The van der Waals surface area contributed by atoms with Gasteiger partial charge in [-0.15, -0.1) is 0 Å². The summed E-state index contributed by atoms with van der Waals surface area (Å²) in [6.45, 7) is 9.60. The molecular formula is C18H31NO4. The van der Waals surface area contributed by atoms with Gasteiger partial charge in [-0.05, 0) is 31.0 Å². The zero-order chi connectivity index (χ0) is 16.9. The first kappa shape index (κ1) is 19.9. The fourth-order valence-electron chi connectivity index (χ4n) is 1.93. The maximum atomic E-state index is 9.80. The molecule has 0 amide bonds. The monoisotopic (exact) mass is 325 g/mol. The second kappa shape index (κ2) is 12.3. The lowest BCUT2D eigenvalue weighted by atomic mass is 10.1. The molecule has 0 heterocycles. The first-order valence-electron chi connectivity index (χ1n) is 8.40. The van der Waals surface area contributed by atoms with Gasteiger partial charge in [0.15, 0.2) is 0 Å². The Labute approximate surface area is 139 Å². The molecular weight excluding hydrogens is 294 g/mol. The summed E-state index contributed by atoms with van der Waals surface area (Å²) in [6, 6.07) is 8.27. The molecule has 0 aliphatic heterocycles. The number of hydrogen-bond donors (Lipinski definition) is 2. The Balaban J connectivity index is 2.17. The van der Waals surface area contributed by atoms with E-state index in [0.717, 1.165) is 18.8 Å². The van der Waals surface area contributed by atoms with E-state index < -0.39 is 6.10 Å². The van der Waals surface area contributed by atoms with Gasteiger partial charge in [0, 0.05) is 19.2 Å². The minimum Gasteiger partial charge on any atom is -0.491 e. The summed E-state index contributed by atoms with van der Waals surface area (Å²) in [6.07, 6.45) is 0.365. The number of aliphatic hydroxyl groups excluding tert-OH is 1. The first-order valence-corrected chi connectivity index (χ1v) is 8.40. The average molecular weight is 325 g/mol. The van der Waals surface area contributed by atoms with Gasteiger partial charge in [-0.2, -0.15) is 0 Å². The highest BCUT2D eigenvalue weighted by Gasteiger charge is 2.06. The second-order valence-electron chi connectivity index (χ2n) is 5.73. The van der Waals surface area contributed by atoms with Gasteiger partial charge in [0.05, 0.1) is 19.8 Å². The highest BCUT2D eigenvalue weighted by atomic mass is 16.5. The van der Waals surface area contributed by atoms with Crippen LogP contribution in [0.4, 0.5) is 0 Å². The normalized spacial score (nSPS) is 12.6. The fraction of sp³-hybridized carbons (Fsp3) is 0.667. The van der Waals surface area contributed by atoms with Gasteiger partial charge in [0.25, 0.3) is 0 Å². The van der Waals surface area contributed by atoms with Crippen LogP contribution in [0.2, 0.25) is 0 Å². The Morgan fingerprint density at radius 3 is 2.39 bits per heavy atom. The summed E-state index contributed by atoms with van der Waals surface area (Å²) in [7, 11) is 0. The van der Waals surface area contributed by atoms with E-state index in [2.05, 4.69) is 5.32 Å². The molecule has 0 saturated carbocycles. The molecule has 0 fully saturated rings. The van der Waals surface area contributed by atoms with Gasteiger partial charge in [0.1, 0.15) is 18.5 Å². The van der Waals surface area contributed by atoms with Gasteiger partial charge in [0.2, 0.25) is 0 Å². The van der Waals surface area contributed by atoms with E-state index in [0.29, 0.717) is 39.0 Å². The summed E-state index contributed by atoms with van der Waals surface area (Å²) in [5.41, 5.74) is 1.20. The maximum absolute atomic E-state index is 9.80. The van der Waals surface area contributed by atoms with Gasteiger partial charge in [-0.1, -0.05) is 26.0 Å². The zero-order valence-electron chi connectivity index (χ0n) is 14.6. The molecule has 1 atom stereocenters. The lowest BCUT2D eigenvalue weighted by Crippen LogP contribution is -2.35. The molecule has 2 N–H and O–H groups in total. The Bertz CT molecular complexity index is 395. The molecule has 0 bridgehead atoms. The molecule has 0 aliphatic carbocycles. The van der Waals surface area contributed by atoms with E-state index in [-0.39, 0.29) is 0 Å². The van der Waals surface area contributed by atoms with Crippen LogP contribution in [0.5, 0.6) is 5.75 Å². The zero-order valence-corrected chi connectivity index (χ0v) is 14.6. The smallest absolute Gasteiger partial charge is 0.119 e. The number of ether oxygens (including phenoxy) is 3. The molecule has 132 valence electrons. The number of benzene rings is 1. The van der Waals surface area contributed by atoms with Crippen molar-refractivity contribution < 1.29 is 19.3 Å². The highest BCUT2D eigenvalue weighted by Crippen LogP contribution is 2.13. The predicted molar refractivity (Wildman–Crippen MR) is 92.1 cm³/mol. The second-order valence-corrected chi connectivity index (χ2v) is 5.73. The number of rotatable bonds is 13. The van der Waals surface area contributed by atoms with Gasteiger partial charge < -0.3 is 24.6 Å². The summed E-state index contributed by atoms with van der Waals surface area (Å²) >= 11 is 0. The Morgan fingerprint density at radius 2 is 1.74 bits per heavy atom. The van der Waals surface area contributed by atoms with Crippen LogP contribution >= 0.6 is 0 Å². The SMILES string of the molecule is CCOCCOCCc1ccc(OCC(O)CNC(C)C)cc1. The first-order chi connectivity index (χ1) is 11.1. The standard InChI is InChI=1S/C18H31NO4/c1-4-21-11-12-22-10-9-16-5-7-18(8-6-16)23-14-17(20)13-19-15(2)3/h5-8,15,17,19-20H,4,9-14H2,1-3H3. The Morgan fingerprint density at radius 1 is 1.04 bits per heavy atom. The van der Waals surface area contributed by atoms with Crippen LogP contribution in [0.15, 0.2) is 24.3 Å². The van der Waals surface area contributed by atoms with Crippen LogP contribution in [0.1, 0.15) is 26.3 Å². The van der Waals surface area contributed by atoms with Crippen LogP contribution in [0, 0.1) is 0 Å². The minimum absolute atomic E-state index is 0.291. The fourth-order valence-corrected chi connectivity index (χ4v) is 1.93. The van der Waals surface area contributed by atoms with Crippen LogP contribution < -0.4 is 10.1 Å². The van der Waals surface area contributed by atoms with Crippen molar-refractivity contribution >= 4 is 0 Å². The number of hydrogen-bond acceptors (Lipinski definition) is 5. The highest BCUT2D eigenvalue weighted by molar-refractivity contribution is 5.27. The summed E-state index contributed by atoms with van der Waals surface area (Å²) in [5.74, 6) is 0.773. The average Bonchev–Trinajstić information content (AvgIpc) is 2.55. The van der Waals surface area contributed by atoms with Crippen LogP contribution in [-0.4, -0.2) is 56.8 Å². The maximum Gasteiger partial charge on any atom is 0.119 e. The molecule has 0 spiro atoms. The van der Waals surface area contributed by atoms with E-state index in [9.17, 15) is 5.11 Å². The van der Waals surface area contributed by atoms with E-state index >= 15 is 0 Å². The lowest BCUT2D eigenvalue weighted by molar-refractivity contribution is 0.0541. The molecule has 5 nitrogen and oxygen atoms in total. The van der Waals surface area contributed by atoms with Gasteiger partial charge in [-0.3, -0.25) is 0 Å². The molecule has 23 heavy (non-hydrogen) atoms. The van der Waals surface area contributed by atoms with Gasteiger partial charge in [-0.25, -0.2) is 0 Å². The molecule has 5 heteroatoms. The summed E-state index contributed by atoms with van der Waals surface area (Å²) < 4.78 is 16.3. The van der Waals surface area contributed by atoms with Crippen molar-refractivity contribution in [2.75, 3.05) is 39.6 Å². The van der Waals surface area contributed by atoms with Crippen LogP contribution in [0.3, 0.4) is 0 Å². The third-order valence-corrected chi connectivity index (χ3v) is 3.24. The summed E-state index contributed by atoms with van der Waals surface area (Å²) in [4.78, 5) is 0. The van der Waals surface area contributed by atoms with E-state index in [1.54, 1.807) is 0 Å². The van der Waals surface area contributed by atoms with Crippen molar-refractivity contribution in [1.29, 1.82) is 0 Å². The minimum atomic E-state index is -0.504. The molecule has 0 radical (unpaired) electrons. The molecule has 1 rings (SSSR count). The lowest BCUT2D eigenvalue weighted by Gasteiger charge is -2.15. The Kier molecular flexibility index (Phi) is 10.6. The molecule has 0 aromatic heterocycles. The van der Waals surface area contributed by atoms with Crippen molar-refractivity contribution in [2.24, 2.45) is 0 Å². The van der Waals surface area contributed by atoms with Crippen molar-refractivity contribution in [1.82, 2.24) is 5.32 Å². The molecule has 1 unspecified atom stereocenters. The van der Waals surface area contributed by atoms with Crippen molar-refractivity contribution in [2.45, 2.75) is 39.3 Å². The van der Waals surface area contributed by atoms with Gasteiger partial charge >= 0.3 is 0 Å². The quantitative estimate of drug-likeness (QED) is 0.543. The number of nitrogens with one attached hydrogen (secondary N) is 1. The third kappa shape index (κ3) is 10.3. The molecule has 1 aromatic rings. The molecule has 0 aliphatic rings. The number of aliphatic hydroxyl groups is 1. The van der Waals surface area contributed by atoms with E-state index in [1.807, 2.05) is 45.0 Å². The van der Waals surface area contributed by atoms with E-state index in [4.69, 9.17) is 14.2 Å². The molecule has 0 saturated heterocycles. The van der Waals surface area contributed by atoms with Crippen LogP contribution in [0.25, 0.3) is 0 Å². The van der Waals surface area contributed by atoms with Crippen LogP contribution in [-0.2, 0) is 15.9 Å².